The Balaban J connectivity index is 1.54. The van der Waals surface area contributed by atoms with Gasteiger partial charge in [0.25, 0.3) is 0 Å². The molecule has 1 spiro atoms. The van der Waals surface area contributed by atoms with Gasteiger partial charge in [-0.1, -0.05) is 25.1 Å². The van der Waals surface area contributed by atoms with Gasteiger partial charge in [-0.05, 0) is 43.9 Å². The van der Waals surface area contributed by atoms with Crippen molar-refractivity contribution in [3.05, 3.63) is 57.1 Å². The van der Waals surface area contributed by atoms with Crippen molar-refractivity contribution >= 4 is 34.8 Å². The number of hydrogen-bond donors (Lipinski definition) is 1. The number of carbonyl (C=O) groups excluding carboxylic acids is 3. The van der Waals surface area contributed by atoms with Gasteiger partial charge in [0, 0.05) is 29.4 Å². The highest BCUT2D eigenvalue weighted by Gasteiger charge is 2.74. The smallest absolute Gasteiger partial charge is 0.311 e. The lowest BCUT2D eigenvalue weighted by Gasteiger charge is -2.36. The van der Waals surface area contributed by atoms with Gasteiger partial charge >= 0.3 is 5.69 Å². The molecule has 0 bridgehead atoms. The van der Waals surface area contributed by atoms with Crippen molar-refractivity contribution in [3.63, 3.8) is 0 Å². The average Bonchev–Trinajstić information content (AvgIpc) is 3.57. The van der Waals surface area contributed by atoms with Crippen LogP contribution >= 0.6 is 0 Å². The molecule has 0 radical (unpaired) electrons. The molecule has 186 valence electrons. The number of hydrogen-bond acceptors (Lipinski definition) is 7. The Morgan fingerprint density at radius 1 is 1.22 bits per heavy atom. The highest BCUT2D eigenvalue weighted by molar-refractivity contribution is 6.26. The van der Waals surface area contributed by atoms with E-state index in [4.69, 9.17) is 4.74 Å². The Hall–Kier alpha value is -3.79. The minimum atomic E-state index is -1.26. The van der Waals surface area contributed by atoms with Gasteiger partial charge in [0.15, 0.2) is 5.75 Å². The fraction of sp³-hybridized carbons (Fsp3) is 0.423. The maximum atomic E-state index is 14.2. The van der Waals surface area contributed by atoms with Crippen molar-refractivity contribution < 1.29 is 24.0 Å². The van der Waals surface area contributed by atoms with Crippen molar-refractivity contribution in [2.45, 2.75) is 44.7 Å². The lowest BCUT2D eigenvalue weighted by Crippen LogP contribution is -2.54. The monoisotopic (exact) mass is 490 g/mol. The number of nitro benzene ring substituents is 1. The Morgan fingerprint density at radius 2 is 2.00 bits per heavy atom. The van der Waals surface area contributed by atoms with Gasteiger partial charge in [-0.25, -0.2) is 4.90 Å². The number of imide groups is 1. The molecular formula is C26H26N4O6. The van der Waals surface area contributed by atoms with Crippen LogP contribution in [0.2, 0.25) is 0 Å². The van der Waals surface area contributed by atoms with E-state index in [0.29, 0.717) is 18.5 Å². The van der Waals surface area contributed by atoms with Crippen LogP contribution in [-0.4, -0.2) is 47.2 Å². The third kappa shape index (κ3) is 2.57. The van der Waals surface area contributed by atoms with Gasteiger partial charge in [-0.3, -0.25) is 29.4 Å². The first-order chi connectivity index (χ1) is 17.3. The van der Waals surface area contributed by atoms with Gasteiger partial charge in [-0.15, -0.1) is 0 Å². The van der Waals surface area contributed by atoms with Crippen molar-refractivity contribution in [1.82, 2.24) is 4.90 Å². The zero-order valence-corrected chi connectivity index (χ0v) is 20.2. The van der Waals surface area contributed by atoms with E-state index in [1.54, 1.807) is 6.92 Å². The molecule has 3 amide bonds. The quantitative estimate of drug-likeness (QED) is 0.397. The summed E-state index contributed by atoms with van der Waals surface area (Å²) in [7, 11) is 1.31. The number of ether oxygens (including phenoxy) is 1. The summed E-state index contributed by atoms with van der Waals surface area (Å²) < 4.78 is 5.21. The molecule has 10 nitrogen and oxygen atoms in total. The van der Waals surface area contributed by atoms with E-state index in [2.05, 4.69) is 10.2 Å². The van der Waals surface area contributed by atoms with Crippen LogP contribution in [0.1, 0.15) is 36.5 Å². The molecule has 1 N–H and O–H groups in total. The Kier molecular flexibility index (Phi) is 4.79. The molecular weight excluding hydrogens is 464 g/mol. The first kappa shape index (κ1) is 22.7. The third-order valence-corrected chi connectivity index (χ3v) is 8.43. The van der Waals surface area contributed by atoms with E-state index in [1.165, 1.54) is 19.2 Å². The molecule has 0 aromatic heterocycles. The Morgan fingerprint density at radius 3 is 2.69 bits per heavy atom. The van der Waals surface area contributed by atoms with Crippen molar-refractivity contribution in [1.29, 1.82) is 0 Å². The summed E-state index contributed by atoms with van der Waals surface area (Å²) in [6, 6.07) is 8.21. The SMILES string of the molecule is CCc1cccc2c1NC(=O)[C@@]21[C@@H]2C(=O)N(c3cc(OC)c([N+](=O)[O-])cc3C)C(=O)[C@H]2[C@@H]2CCCN21. The summed E-state index contributed by atoms with van der Waals surface area (Å²) >= 11 is 0. The van der Waals surface area contributed by atoms with Crippen LogP contribution in [0.4, 0.5) is 17.1 Å². The average molecular weight is 491 g/mol. The van der Waals surface area contributed by atoms with Crippen LogP contribution in [0.3, 0.4) is 0 Å². The fourth-order valence-electron chi connectivity index (χ4n) is 7.03. The number of fused-ring (bicyclic) bond motifs is 7. The lowest BCUT2D eigenvalue weighted by molar-refractivity contribution is -0.385. The normalized spacial score (nSPS) is 28.5. The van der Waals surface area contributed by atoms with Gasteiger partial charge < -0.3 is 10.1 Å². The summed E-state index contributed by atoms with van der Waals surface area (Å²) in [4.78, 5) is 56.2. The Bertz CT molecular complexity index is 1370. The lowest BCUT2D eigenvalue weighted by atomic mass is 9.75. The molecule has 4 heterocycles. The summed E-state index contributed by atoms with van der Waals surface area (Å²) in [5.74, 6) is -2.69. The molecule has 4 aliphatic heterocycles. The first-order valence-electron chi connectivity index (χ1n) is 12.2. The molecule has 3 fully saturated rings. The minimum Gasteiger partial charge on any atom is -0.490 e. The zero-order valence-electron chi connectivity index (χ0n) is 20.2. The number of amides is 3. The van der Waals surface area contributed by atoms with E-state index >= 15 is 0 Å². The third-order valence-electron chi connectivity index (χ3n) is 8.43. The van der Waals surface area contributed by atoms with Crippen molar-refractivity contribution in [2.75, 3.05) is 23.9 Å². The maximum absolute atomic E-state index is 14.2. The van der Waals surface area contributed by atoms with Crippen LogP contribution in [0.15, 0.2) is 30.3 Å². The fourth-order valence-corrected chi connectivity index (χ4v) is 7.03. The zero-order chi connectivity index (χ0) is 25.5. The van der Waals surface area contributed by atoms with E-state index in [-0.39, 0.29) is 35.0 Å². The molecule has 0 saturated carbocycles. The minimum absolute atomic E-state index is 0.0352. The summed E-state index contributed by atoms with van der Waals surface area (Å²) in [6.07, 6.45) is 2.27. The highest BCUT2D eigenvalue weighted by Crippen LogP contribution is 2.61. The van der Waals surface area contributed by atoms with Crippen LogP contribution in [0.25, 0.3) is 0 Å². The van der Waals surface area contributed by atoms with Gasteiger partial charge in [-0.2, -0.15) is 0 Å². The van der Waals surface area contributed by atoms with Crippen LogP contribution in [0.5, 0.6) is 5.75 Å². The highest BCUT2D eigenvalue weighted by atomic mass is 16.6. The second kappa shape index (κ2) is 7.60. The largest absolute Gasteiger partial charge is 0.490 e. The number of rotatable bonds is 4. The standard InChI is InChI=1S/C26H26N4O6/c1-4-14-7-5-8-15-22(14)27-25(33)26(15)21-20(16-9-6-10-28(16)26)23(31)29(24(21)32)17-12-19(36-3)18(30(34)35)11-13(17)2/h5,7-8,11-12,16,20-21H,4,6,9-10H2,1-3H3,(H,27,33)/t16-,20-,21-,26-/m0/s1. The number of anilines is 2. The molecule has 10 heteroatoms. The number of para-hydroxylation sites is 1. The van der Waals surface area contributed by atoms with E-state index in [9.17, 15) is 24.5 Å². The number of methoxy groups -OCH3 is 1. The van der Waals surface area contributed by atoms with E-state index in [0.717, 1.165) is 34.6 Å². The summed E-state index contributed by atoms with van der Waals surface area (Å²) in [5, 5.41) is 14.5. The molecule has 36 heavy (non-hydrogen) atoms. The predicted molar refractivity (Wildman–Crippen MR) is 130 cm³/mol. The Labute approximate surface area is 207 Å². The molecule has 4 aliphatic rings. The van der Waals surface area contributed by atoms with Crippen molar-refractivity contribution in [3.8, 4) is 5.75 Å². The molecule has 2 aromatic carbocycles. The second-order valence-corrected chi connectivity index (χ2v) is 9.90. The van der Waals surface area contributed by atoms with E-state index < -0.39 is 28.2 Å². The topological polar surface area (TPSA) is 122 Å². The molecule has 3 saturated heterocycles. The number of benzene rings is 2. The van der Waals surface area contributed by atoms with Crippen LogP contribution < -0.4 is 15.0 Å². The van der Waals surface area contributed by atoms with Gasteiger partial charge in [0.1, 0.15) is 5.54 Å². The molecule has 4 atom stereocenters. The van der Waals surface area contributed by atoms with Gasteiger partial charge in [0.05, 0.1) is 29.6 Å². The molecule has 6 rings (SSSR count). The maximum Gasteiger partial charge on any atom is 0.311 e. The molecule has 0 aliphatic carbocycles. The number of carbonyl (C=O) groups is 3. The van der Waals surface area contributed by atoms with E-state index in [1.807, 2.05) is 25.1 Å². The summed E-state index contributed by atoms with van der Waals surface area (Å²) in [6.45, 7) is 4.27. The molecule has 2 aromatic rings. The predicted octanol–water partition coefficient (Wildman–Crippen LogP) is 2.91. The number of aryl methyl sites for hydroxylation is 2. The van der Waals surface area contributed by atoms with Crippen molar-refractivity contribution in [2.24, 2.45) is 11.8 Å². The number of nitrogens with zero attached hydrogens (tertiary/aromatic N) is 3. The van der Waals surface area contributed by atoms with Gasteiger partial charge in [0.2, 0.25) is 17.7 Å². The first-order valence-corrected chi connectivity index (χ1v) is 12.2. The summed E-state index contributed by atoms with van der Waals surface area (Å²) in [5.41, 5.74) is 1.64. The van der Waals surface area contributed by atoms with Crippen LogP contribution in [-0.2, 0) is 26.3 Å². The molecule has 0 unspecified atom stereocenters. The number of nitro groups is 1. The van der Waals surface area contributed by atoms with Crippen LogP contribution in [0, 0.1) is 28.9 Å². The second-order valence-electron chi connectivity index (χ2n) is 9.90. The number of nitrogens with one attached hydrogen (secondary N) is 1.